The molecule has 0 aliphatic rings. The van der Waals surface area contributed by atoms with Crippen LogP contribution in [0.5, 0.6) is 5.75 Å². The maximum absolute atomic E-state index is 5.96. The van der Waals surface area contributed by atoms with Crippen molar-refractivity contribution in [2.75, 3.05) is 23.8 Å². The number of ether oxygens (including phenoxy) is 1. The molecule has 1 aromatic carbocycles. The van der Waals surface area contributed by atoms with E-state index in [0.29, 0.717) is 24.3 Å². The van der Waals surface area contributed by atoms with Crippen LogP contribution in [0.3, 0.4) is 0 Å². The third-order valence-corrected chi connectivity index (χ3v) is 2.98. The average Bonchev–Trinajstić information content (AvgIpc) is 2.34. The van der Waals surface area contributed by atoms with Gasteiger partial charge in [-0.2, -0.15) is 0 Å². The van der Waals surface area contributed by atoms with E-state index in [9.17, 15) is 0 Å². The van der Waals surface area contributed by atoms with Crippen LogP contribution in [-0.4, -0.2) is 19.2 Å². The zero-order chi connectivity index (χ0) is 14.4. The molecule has 0 bridgehead atoms. The molecule has 19 heavy (non-hydrogen) atoms. The molecule has 3 nitrogen and oxygen atoms in total. The summed E-state index contributed by atoms with van der Waals surface area (Å²) in [7, 11) is 0. The number of hydrogen-bond acceptors (Lipinski definition) is 3. The highest BCUT2D eigenvalue weighted by Crippen LogP contribution is 2.29. The molecule has 3 heteroatoms. The van der Waals surface area contributed by atoms with E-state index in [4.69, 9.17) is 10.5 Å². The lowest BCUT2D eigenvalue weighted by Gasteiger charge is -2.31. The Morgan fingerprint density at radius 2 is 1.89 bits per heavy atom. The fraction of sp³-hybridized carbons (Fsp3) is 0.625. The van der Waals surface area contributed by atoms with Crippen molar-refractivity contribution in [3.05, 3.63) is 18.2 Å². The van der Waals surface area contributed by atoms with Gasteiger partial charge in [-0.25, -0.2) is 0 Å². The second-order valence-electron chi connectivity index (χ2n) is 5.71. The Labute approximate surface area is 117 Å². The van der Waals surface area contributed by atoms with Gasteiger partial charge < -0.3 is 15.4 Å². The van der Waals surface area contributed by atoms with Crippen LogP contribution in [-0.2, 0) is 0 Å². The zero-order valence-electron chi connectivity index (χ0n) is 12.9. The summed E-state index contributed by atoms with van der Waals surface area (Å²) in [6, 6.07) is 6.55. The predicted octanol–water partition coefficient (Wildman–Crippen LogP) is 3.93. The number of nitrogens with zero attached hydrogens (tertiary/aromatic N) is 1. The van der Waals surface area contributed by atoms with E-state index in [1.54, 1.807) is 0 Å². The van der Waals surface area contributed by atoms with Crippen LogP contribution >= 0.6 is 0 Å². The van der Waals surface area contributed by atoms with E-state index < -0.39 is 0 Å². The van der Waals surface area contributed by atoms with E-state index in [1.165, 1.54) is 5.69 Å². The molecule has 1 rings (SSSR count). The number of anilines is 2. The van der Waals surface area contributed by atoms with Crippen LogP contribution in [0.15, 0.2) is 18.2 Å². The van der Waals surface area contributed by atoms with Crippen LogP contribution in [0.1, 0.15) is 41.0 Å². The first-order valence-corrected chi connectivity index (χ1v) is 7.24. The van der Waals surface area contributed by atoms with Gasteiger partial charge in [-0.1, -0.05) is 20.8 Å². The Balaban J connectivity index is 2.96. The summed E-state index contributed by atoms with van der Waals surface area (Å²) in [5.41, 5.74) is 7.86. The summed E-state index contributed by atoms with van der Waals surface area (Å²) in [6.07, 6.45) is 0.990. The molecular weight excluding hydrogens is 236 g/mol. The van der Waals surface area contributed by atoms with Crippen molar-refractivity contribution in [3.8, 4) is 5.75 Å². The van der Waals surface area contributed by atoms with Gasteiger partial charge in [-0.3, -0.25) is 0 Å². The fourth-order valence-electron chi connectivity index (χ4n) is 2.05. The summed E-state index contributed by atoms with van der Waals surface area (Å²) in [4.78, 5) is 2.39. The van der Waals surface area contributed by atoms with E-state index >= 15 is 0 Å². The molecule has 0 radical (unpaired) electrons. The molecule has 0 saturated carbocycles. The second kappa shape index (κ2) is 7.27. The Morgan fingerprint density at radius 3 is 2.42 bits per heavy atom. The number of hydrogen-bond donors (Lipinski definition) is 1. The lowest BCUT2D eigenvalue weighted by Crippen LogP contribution is -2.34. The Morgan fingerprint density at radius 1 is 1.21 bits per heavy atom. The first-order valence-electron chi connectivity index (χ1n) is 7.24. The van der Waals surface area contributed by atoms with Gasteiger partial charge in [-0.15, -0.1) is 0 Å². The maximum atomic E-state index is 5.96. The normalized spacial score (nSPS) is 11.1. The van der Waals surface area contributed by atoms with E-state index in [-0.39, 0.29) is 0 Å². The van der Waals surface area contributed by atoms with Gasteiger partial charge in [0, 0.05) is 24.3 Å². The zero-order valence-corrected chi connectivity index (χ0v) is 12.9. The van der Waals surface area contributed by atoms with Crippen LogP contribution in [0.4, 0.5) is 11.4 Å². The highest BCUT2D eigenvalue weighted by atomic mass is 16.5. The lowest BCUT2D eigenvalue weighted by atomic mass is 10.1. The van der Waals surface area contributed by atoms with Crippen LogP contribution in [0.25, 0.3) is 0 Å². The minimum absolute atomic E-state index is 0.463. The van der Waals surface area contributed by atoms with Crippen molar-refractivity contribution in [2.45, 2.75) is 47.1 Å². The molecule has 1 aromatic rings. The minimum Gasteiger partial charge on any atom is -0.491 e. The summed E-state index contributed by atoms with van der Waals surface area (Å²) < 4.78 is 5.71. The van der Waals surface area contributed by atoms with Crippen molar-refractivity contribution < 1.29 is 4.74 Å². The molecule has 0 unspecified atom stereocenters. The molecule has 0 atom stereocenters. The average molecular weight is 264 g/mol. The first kappa shape index (κ1) is 15.7. The molecule has 0 aliphatic heterocycles. The monoisotopic (exact) mass is 264 g/mol. The molecule has 0 heterocycles. The van der Waals surface area contributed by atoms with Gasteiger partial charge in [0.05, 0.1) is 12.3 Å². The number of nitrogen functional groups attached to an aromatic ring is 1. The predicted molar refractivity (Wildman–Crippen MR) is 84.0 cm³/mol. The van der Waals surface area contributed by atoms with Gasteiger partial charge in [-0.05, 0) is 38.3 Å². The van der Waals surface area contributed by atoms with Gasteiger partial charge in [0.2, 0.25) is 0 Å². The van der Waals surface area contributed by atoms with Crippen molar-refractivity contribution in [3.63, 3.8) is 0 Å². The van der Waals surface area contributed by atoms with Crippen molar-refractivity contribution in [2.24, 2.45) is 5.92 Å². The summed E-state index contributed by atoms with van der Waals surface area (Å²) in [5.74, 6) is 1.42. The quantitative estimate of drug-likeness (QED) is 0.758. The molecule has 0 saturated heterocycles. The van der Waals surface area contributed by atoms with Gasteiger partial charge >= 0.3 is 0 Å². The molecule has 0 aromatic heterocycles. The van der Waals surface area contributed by atoms with Crippen LogP contribution in [0.2, 0.25) is 0 Å². The minimum atomic E-state index is 0.463. The Hall–Kier alpha value is -1.38. The number of benzene rings is 1. The van der Waals surface area contributed by atoms with Gasteiger partial charge in [0.1, 0.15) is 5.75 Å². The second-order valence-corrected chi connectivity index (χ2v) is 5.71. The first-order chi connectivity index (χ1) is 8.95. The van der Waals surface area contributed by atoms with Crippen molar-refractivity contribution in [1.82, 2.24) is 0 Å². The molecule has 0 aliphatic carbocycles. The molecule has 108 valence electrons. The van der Waals surface area contributed by atoms with E-state index in [0.717, 1.165) is 18.7 Å². The van der Waals surface area contributed by atoms with Gasteiger partial charge in [0.25, 0.3) is 0 Å². The summed E-state index contributed by atoms with van der Waals surface area (Å²) in [6.45, 7) is 12.7. The lowest BCUT2D eigenvalue weighted by molar-refractivity contribution is 0.319. The molecular formula is C16H28N2O. The topological polar surface area (TPSA) is 38.5 Å². The molecule has 0 fully saturated rings. The van der Waals surface area contributed by atoms with Crippen molar-refractivity contribution in [1.29, 1.82) is 0 Å². The third kappa shape index (κ3) is 4.66. The third-order valence-electron chi connectivity index (χ3n) is 2.98. The highest BCUT2D eigenvalue weighted by Gasteiger charge is 2.14. The largest absolute Gasteiger partial charge is 0.491 e. The van der Waals surface area contributed by atoms with E-state index in [2.05, 4.69) is 51.7 Å². The highest BCUT2D eigenvalue weighted by molar-refractivity contribution is 5.62. The SMILES string of the molecule is CCCOc1cc(N(CC(C)C)C(C)C)ccc1N. The molecule has 0 spiro atoms. The summed E-state index contributed by atoms with van der Waals surface area (Å²) in [5, 5.41) is 0. The van der Waals surface area contributed by atoms with Crippen LogP contribution in [0, 0.1) is 5.92 Å². The molecule has 2 N–H and O–H groups in total. The Kier molecular flexibility index (Phi) is 6.00. The van der Waals surface area contributed by atoms with Gasteiger partial charge in [0.15, 0.2) is 0 Å². The summed E-state index contributed by atoms with van der Waals surface area (Å²) >= 11 is 0. The Bertz CT molecular complexity index is 388. The van der Waals surface area contributed by atoms with Crippen LogP contribution < -0.4 is 15.4 Å². The van der Waals surface area contributed by atoms with E-state index in [1.807, 2.05) is 6.07 Å². The molecule has 0 amide bonds. The number of rotatable bonds is 7. The fourth-order valence-corrected chi connectivity index (χ4v) is 2.05. The smallest absolute Gasteiger partial charge is 0.144 e. The maximum Gasteiger partial charge on any atom is 0.144 e. The standard InChI is InChI=1S/C16H28N2O/c1-6-9-19-16-10-14(7-8-15(16)17)18(13(4)5)11-12(2)3/h7-8,10,12-13H,6,9,11,17H2,1-5H3. The van der Waals surface area contributed by atoms with Crippen molar-refractivity contribution >= 4 is 11.4 Å². The number of nitrogens with two attached hydrogens (primary N) is 1.